The van der Waals surface area contributed by atoms with E-state index < -0.39 is 0 Å². The van der Waals surface area contributed by atoms with Crippen molar-refractivity contribution in [2.75, 3.05) is 16.8 Å². The lowest BCUT2D eigenvalue weighted by Gasteiger charge is -2.18. The molecule has 1 aliphatic heterocycles. The highest BCUT2D eigenvalue weighted by molar-refractivity contribution is 7.16. The standard InChI is InChI=1S/C26H22N4O2S/c1-16-4-3-5-21(14-16)25(32)30-13-10-19-15-20(6-7-22(19)30)23-17(2)33-26(28-23)29-24(31)18-8-11-27-12-9-18/h3-9,11-12,14-15H,10,13H2,1-2H3,(H,28,29,31). The van der Waals surface area contributed by atoms with Crippen LogP contribution >= 0.6 is 11.3 Å². The molecule has 0 fully saturated rings. The second-order valence-corrected chi connectivity index (χ2v) is 9.24. The van der Waals surface area contributed by atoms with Crippen molar-refractivity contribution in [1.82, 2.24) is 9.97 Å². The Morgan fingerprint density at radius 3 is 2.61 bits per heavy atom. The largest absolute Gasteiger partial charge is 0.308 e. The molecule has 0 unspecified atom stereocenters. The summed E-state index contributed by atoms with van der Waals surface area (Å²) in [5.74, 6) is -0.187. The van der Waals surface area contributed by atoms with Crippen LogP contribution in [0.3, 0.4) is 0 Å². The monoisotopic (exact) mass is 454 g/mol. The highest BCUT2D eigenvalue weighted by Gasteiger charge is 2.26. The van der Waals surface area contributed by atoms with E-state index in [0.717, 1.165) is 39.4 Å². The number of aryl methyl sites for hydroxylation is 2. The van der Waals surface area contributed by atoms with Gasteiger partial charge in [-0.1, -0.05) is 23.8 Å². The average molecular weight is 455 g/mol. The summed E-state index contributed by atoms with van der Waals surface area (Å²) in [4.78, 5) is 37.0. The third-order valence-corrected chi connectivity index (χ3v) is 6.60. The zero-order chi connectivity index (χ0) is 22.9. The summed E-state index contributed by atoms with van der Waals surface area (Å²) in [5.41, 5.74) is 6.22. The number of nitrogens with one attached hydrogen (secondary N) is 1. The van der Waals surface area contributed by atoms with Gasteiger partial charge in [-0.25, -0.2) is 4.98 Å². The number of hydrogen-bond acceptors (Lipinski definition) is 5. The number of amides is 2. The highest BCUT2D eigenvalue weighted by Crippen LogP contribution is 2.36. The van der Waals surface area contributed by atoms with Crippen LogP contribution in [0.2, 0.25) is 0 Å². The lowest BCUT2D eigenvalue weighted by molar-refractivity contribution is 0.0987. The Labute approximate surface area is 195 Å². The van der Waals surface area contributed by atoms with Gasteiger partial charge in [0, 0.05) is 46.2 Å². The van der Waals surface area contributed by atoms with Crippen molar-refractivity contribution in [3.05, 3.63) is 94.1 Å². The maximum absolute atomic E-state index is 13.1. The van der Waals surface area contributed by atoms with Crippen LogP contribution in [-0.4, -0.2) is 28.3 Å². The normalized spacial score (nSPS) is 12.5. The first kappa shape index (κ1) is 21.0. The molecular weight excluding hydrogens is 432 g/mol. The topological polar surface area (TPSA) is 75.2 Å². The van der Waals surface area contributed by atoms with Crippen molar-refractivity contribution in [1.29, 1.82) is 0 Å². The average Bonchev–Trinajstić information content (AvgIpc) is 3.41. The van der Waals surface area contributed by atoms with E-state index in [9.17, 15) is 9.59 Å². The lowest BCUT2D eigenvalue weighted by Crippen LogP contribution is -2.28. The highest BCUT2D eigenvalue weighted by atomic mass is 32.1. The van der Waals surface area contributed by atoms with Gasteiger partial charge < -0.3 is 4.90 Å². The number of hydrogen-bond donors (Lipinski definition) is 1. The van der Waals surface area contributed by atoms with Crippen molar-refractivity contribution < 1.29 is 9.59 Å². The molecule has 4 aromatic rings. The summed E-state index contributed by atoms with van der Waals surface area (Å²) in [6.45, 7) is 4.65. The summed E-state index contributed by atoms with van der Waals surface area (Å²) in [7, 11) is 0. The smallest absolute Gasteiger partial charge is 0.258 e. The zero-order valence-corrected chi connectivity index (χ0v) is 19.1. The molecular formula is C26H22N4O2S. The number of carbonyl (C=O) groups excluding carboxylic acids is 2. The molecule has 0 saturated heterocycles. The summed E-state index contributed by atoms with van der Waals surface area (Å²) < 4.78 is 0. The second kappa shape index (κ2) is 8.60. The molecule has 0 atom stereocenters. The number of benzene rings is 2. The maximum Gasteiger partial charge on any atom is 0.258 e. The second-order valence-electron chi connectivity index (χ2n) is 8.03. The van der Waals surface area contributed by atoms with Crippen LogP contribution in [0, 0.1) is 13.8 Å². The van der Waals surface area contributed by atoms with Gasteiger partial charge in [0.1, 0.15) is 0 Å². The Balaban J connectivity index is 1.38. The fourth-order valence-corrected chi connectivity index (χ4v) is 4.92. The molecule has 0 bridgehead atoms. The summed E-state index contributed by atoms with van der Waals surface area (Å²) >= 11 is 1.45. The first-order valence-electron chi connectivity index (χ1n) is 10.7. The van der Waals surface area contributed by atoms with Crippen LogP contribution in [0.15, 0.2) is 67.0 Å². The Morgan fingerprint density at radius 1 is 1.00 bits per heavy atom. The molecule has 2 amide bonds. The summed E-state index contributed by atoms with van der Waals surface area (Å²) in [5, 5.41) is 3.43. The number of aromatic nitrogens is 2. The third kappa shape index (κ3) is 4.15. The van der Waals surface area contributed by atoms with Crippen molar-refractivity contribution in [2.24, 2.45) is 0 Å². The fraction of sp³-hybridized carbons (Fsp3) is 0.154. The molecule has 2 aromatic carbocycles. The fourth-order valence-electron chi connectivity index (χ4n) is 4.08. The number of pyridine rings is 1. The molecule has 33 heavy (non-hydrogen) atoms. The predicted molar refractivity (Wildman–Crippen MR) is 131 cm³/mol. The number of thiazole rings is 1. The van der Waals surface area contributed by atoms with E-state index in [0.29, 0.717) is 22.8 Å². The zero-order valence-electron chi connectivity index (χ0n) is 18.3. The first-order valence-corrected chi connectivity index (χ1v) is 11.5. The SMILES string of the molecule is Cc1cccc(C(=O)N2CCc3cc(-c4nc(NC(=O)c5ccncc5)sc4C)ccc32)c1. The number of carbonyl (C=O) groups is 2. The van der Waals surface area contributed by atoms with Crippen LogP contribution < -0.4 is 10.2 Å². The molecule has 1 aliphatic rings. The third-order valence-electron chi connectivity index (χ3n) is 5.72. The number of anilines is 2. The van der Waals surface area contributed by atoms with Crippen LogP contribution in [0.4, 0.5) is 10.8 Å². The van der Waals surface area contributed by atoms with Crippen LogP contribution in [0.1, 0.15) is 36.7 Å². The minimum absolute atomic E-state index is 0.0242. The van der Waals surface area contributed by atoms with Crippen LogP contribution in [-0.2, 0) is 6.42 Å². The van der Waals surface area contributed by atoms with Gasteiger partial charge in [-0.15, -0.1) is 11.3 Å². The van der Waals surface area contributed by atoms with E-state index in [-0.39, 0.29) is 11.8 Å². The van der Waals surface area contributed by atoms with E-state index in [1.165, 1.54) is 11.3 Å². The van der Waals surface area contributed by atoms with E-state index in [2.05, 4.69) is 21.4 Å². The number of fused-ring (bicyclic) bond motifs is 1. The van der Waals surface area contributed by atoms with Crippen LogP contribution in [0.25, 0.3) is 11.3 Å². The van der Waals surface area contributed by atoms with E-state index >= 15 is 0 Å². The minimum atomic E-state index is -0.211. The van der Waals surface area contributed by atoms with Gasteiger partial charge >= 0.3 is 0 Å². The van der Waals surface area contributed by atoms with Crippen molar-refractivity contribution in [3.8, 4) is 11.3 Å². The van der Waals surface area contributed by atoms with Gasteiger partial charge in [-0.3, -0.25) is 19.9 Å². The quantitative estimate of drug-likeness (QED) is 0.455. The van der Waals surface area contributed by atoms with E-state index in [4.69, 9.17) is 0 Å². The van der Waals surface area contributed by atoms with Gasteiger partial charge in [-0.05, 0) is 62.2 Å². The van der Waals surface area contributed by atoms with Crippen LogP contribution in [0.5, 0.6) is 0 Å². The van der Waals surface area contributed by atoms with Gasteiger partial charge in [0.2, 0.25) is 0 Å². The van der Waals surface area contributed by atoms with Crippen molar-refractivity contribution >= 4 is 34.0 Å². The molecule has 3 heterocycles. The molecule has 7 heteroatoms. The molecule has 1 N–H and O–H groups in total. The maximum atomic E-state index is 13.1. The van der Waals surface area contributed by atoms with Crippen molar-refractivity contribution in [3.63, 3.8) is 0 Å². The number of nitrogens with zero attached hydrogens (tertiary/aromatic N) is 3. The van der Waals surface area contributed by atoms with Gasteiger partial charge in [0.15, 0.2) is 5.13 Å². The van der Waals surface area contributed by atoms with Crippen molar-refractivity contribution in [2.45, 2.75) is 20.3 Å². The minimum Gasteiger partial charge on any atom is -0.308 e. The molecule has 6 nitrogen and oxygen atoms in total. The Bertz CT molecular complexity index is 1360. The molecule has 5 rings (SSSR count). The first-order chi connectivity index (χ1) is 16.0. The summed E-state index contributed by atoms with van der Waals surface area (Å²) in [6, 6.07) is 17.1. The molecule has 0 saturated carbocycles. The molecule has 164 valence electrons. The Hall–Kier alpha value is -3.84. The number of rotatable bonds is 4. The Kier molecular flexibility index (Phi) is 5.48. The molecule has 0 radical (unpaired) electrons. The lowest BCUT2D eigenvalue weighted by atomic mass is 10.1. The molecule has 0 spiro atoms. The molecule has 0 aliphatic carbocycles. The predicted octanol–water partition coefficient (Wildman–Crippen LogP) is 5.28. The summed E-state index contributed by atoms with van der Waals surface area (Å²) in [6.07, 6.45) is 3.98. The van der Waals surface area contributed by atoms with Gasteiger partial charge in [0.05, 0.1) is 5.69 Å². The Morgan fingerprint density at radius 2 is 1.82 bits per heavy atom. The van der Waals surface area contributed by atoms with E-state index in [1.807, 2.05) is 55.1 Å². The van der Waals surface area contributed by atoms with E-state index in [1.54, 1.807) is 24.5 Å². The molecule has 2 aromatic heterocycles. The van der Waals surface area contributed by atoms with Gasteiger partial charge in [0.25, 0.3) is 11.8 Å². The van der Waals surface area contributed by atoms with Gasteiger partial charge in [-0.2, -0.15) is 0 Å².